The highest BCUT2D eigenvalue weighted by Gasteiger charge is 2.48. The third-order valence-electron chi connectivity index (χ3n) is 3.16. The molecule has 0 radical (unpaired) electrons. The smallest absolute Gasteiger partial charge is 0.312 e. The van der Waals surface area contributed by atoms with E-state index < -0.39 is 11.5 Å². The zero-order valence-electron chi connectivity index (χ0n) is 8.70. The second kappa shape index (κ2) is 3.29. The van der Waals surface area contributed by atoms with Gasteiger partial charge in [-0.25, -0.2) is 0 Å². The molecule has 3 atom stereocenters. The quantitative estimate of drug-likeness (QED) is 0.662. The summed E-state index contributed by atoms with van der Waals surface area (Å²) in [7, 11) is 0. The van der Waals surface area contributed by atoms with Gasteiger partial charge in [-0.05, 0) is 19.8 Å². The number of cyclic esters (lactones) is 1. The first-order valence-corrected chi connectivity index (χ1v) is 4.77. The molecule has 3 heteroatoms. The Morgan fingerprint density at radius 3 is 2.31 bits per heavy atom. The normalized spacial score (nSPS) is 36.5. The van der Waals surface area contributed by atoms with Gasteiger partial charge in [0.05, 0.1) is 11.5 Å². The number of aliphatic hydroxyl groups excluding tert-OH is 1. The van der Waals surface area contributed by atoms with Crippen molar-refractivity contribution in [2.75, 3.05) is 0 Å². The summed E-state index contributed by atoms with van der Waals surface area (Å²) in [6.07, 6.45) is -0.259. The molecule has 1 fully saturated rings. The molecule has 76 valence electrons. The molecular formula is C10H18O3. The van der Waals surface area contributed by atoms with Gasteiger partial charge in [0, 0.05) is 6.42 Å². The predicted molar refractivity (Wildman–Crippen MR) is 49.1 cm³/mol. The molecule has 1 aliphatic heterocycles. The Kier molecular flexibility index (Phi) is 2.66. The number of rotatable bonds is 2. The molecule has 1 rings (SSSR count). The van der Waals surface area contributed by atoms with Crippen LogP contribution in [0.1, 0.15) is 34.1 Å². The van der Waals surface area contributed by atoms with Crippen LogP contribution < -0.4 is 0 Å². The van der Waals surface area contributed by atoms with E-state index in [0.717, 1.165) is 0 Å². The fourth-order valence-corrected chi connectivity index (χ4v) is 1.56. The third kappa shape index (κ3) is 1.70. The fourth-order valence-electron chi connectivity index (χ4n) is 1.56. The maximum atomic E-state index is 11.5. The van der Waals surface area contributed by atoms with E-state index in [9.17, 15) is 9.90 Å². The van der Waals surface area contributed by atoms with Crippen LogP contribution in [0.4, 0.5) is 0 Å². The van der Waals surface area contributed by atoms with E-state index in [1.54, 1.807) is 6.92 Å². The molecule has 1 heterocycles. The van der Waals surface area contributed by atoms with Crippen LogP contribution in [0.2, 0.25) is 0 Å². The SMILES string of the molecule is CC(O)C1CC(C)(C(C)C)C(=O)O1. The van der Waals surface area contributed by atoms with Gasteiger partial charge in [0.25, 0.3) is 0 Å². The minimum absolute atomic E-state index is 0.173. The van der Waals surface area contributed by atoms with Gasteiger partial charge in [-0.15, -0.1) is 0 Å². The van der Waals surface area contributed by atoms with E-state index in [-0.39, 0.29) is 18.0 Å². The van der Waals surface area contributed by atoms with Gasteiger partial charge in [0.15, 0.2) is 0 Å². The van der Waals surface area contributed by atoms with E-state index in [2.05, 4.69) is 0 Å². The van der Waals surface area contributed by atoms with Gasteiger partial charge >= 0.3 is 5.97 Å². The van der Waals surface area contributed by atoms with Crippen molar-refractivity contribution in [1.82, 2.24) is 0 Å². The standard InChI is InChI=1S/C10H18O3/c1-6(2)10(4)5-8(7(3)11)13-9(10)12/h6-8,11H,5H2,1-4H3. The summed E-state index contributed by atoms with van der Waals surface area (Å²) in [5.74, 6) is 0.0807. The molecule has 0 saturated carbocycles. The zero-order valence-corrected chi connectivity index (χ0v) is 8.70. The first-order valence-electron chi connectivity index (χ1n) is 4.77. The molecule has 0 aromatic rings. The Bertz CT molecular complexity index is 210. The van der Waals surface area contributed by atoms with Crippen molar-refractivity contribution >= 4 is 5.97 Å². The van der Waals surface area contributed by atoms with Gasteiger partial charge in [-0.1, -0.05) is 13.8 Å². The zero-order chi connectivity index (χ0) is 10.2. The molecule has 1 aliphatic rings. The van der Waals surface area contributed by atoms with Gasteiger partial charge in [-0.2, -0.15) is 0 Å². The fraction of sp³-hybridized carbons (Fsp3) is 0.900. The third-order valence-corrected chi connectivity index (χ3v) is 3.16. The second-order valence-corrected chi connectivity index (χ2v) is 4.46. The maximum absolute atomic E-state index is 11.5. The Morgan fingerprint density at radius 2 is 2.08 bits per heavy atom. The lowest BCUT2D eigenvalue weighted by Gasteiger charge is -2.23. The van der Waals surface area contributed by atoms with Crippen molar-refractivity contribution in [1.29, 1.82) is 0 Å². The summed E-state index contributed by atoms with van der Waals surface area (Å²) in [5.41, 5.74) is -0.415. The van der Waals surface area contributed by atoms with Crippen molar-refractivity contribution in [2.24, 2.45) is 11.3 Å². The number of hydrogen-bond donors (Lipinski definition) is 1. The summed E-state index contributed by atoms with van der Waals surface area (Å²) >= 11 is 0. The molecule has 0 amide bonds. The van der Waals surface area contributed by atoms with Crippen molar-refractivity contribution in [3.63, 3.8) is 0 Å². The molecule has 0 aromatic heterocycles. The van der Waals surface area contributed by atoms with Crippen LogP contribution in [0.5, 0.6) is 0 Å². The summed E-state index contributed by atoms with van der Waals surface area (Å²) in [6.45, 7) is 7.57. The summed E-state index contributed by atoms with van der Waals surface area (Å²) in [6, 6.07) is 0. The van der Waals surface area contributed by atoms with Crippen molar-refractivity contribution in [2.45, 2.75) is 46.3 Å². The largest absolute Gasteiger partial charge is 0.459 e. The average Bonchev–Trinajstić information content (AvgIpc) is 2.30. The first kappa shape index (κ1) is 10.5. The van der Waals surface area contributed by atoms with Crippen LogP contribution in [0.15, 0.2) is 0 Å². The molecule has 0 spiro atoms. The summed E-state index contributed by atoms with van der Waals surface area (Å²) in [5, 5.41) is 9.31. The monoisotopic (exact) mass is 186 g/mol. The second-order valence-electron chi connectivity index (χ2n) is 4.46. The highest BCUT2D eigenvalue weighted by Crippen LogP contribution is 2.40. The molecular weight excluding hydrogens is 168 g/mol. The molecule has 0 aliphatic carbocycles. The van der Waals surface area contributed by atoms with E-state index in [4.69, 9.17) is 4.74 Å². The van der Waals surface area contributed by atoms with Crippen molar-refractivity contribution in [3.8, 4) is 0 Å². The van der Waals surface area contributed by atoms with Crippen LogP contribution in [-0.4, -0.2) is 23.3 Å². The lowest BCUT2D eigenvalue weighted by Crippen LogP contribution is -2.28. The van der Waals surface area contributed by atoms with Gasteiger partial charge in [0.1, 0.15) is 6.10 Å². The Morgan fingerprint density at radius 1 is 1.54 bits per heavy atom. The van der Waals surface area contributed by atoms with E-state index in [0.29, 0.717) is 6.42 Å². The van der Waals surface area contributed by atoms with Crippen LogP contribution in [0.3, 0.4) is 0 Å². The lowest BCUT2D eigenvalue weighted by atomic mass is 9.76. The van der Waals surface area contributed by atoms with Gasteiger partial charge in [0.2, 0.25) is 0 Å². The minimum Gasteiger partial charge on any atom is -0.459 e. The van der Waals surface area contributed by atoms with Crippen LogP contribution in [0.25, 0.3) is 0 Å². The topological polar surface area (TPSA) is 46.5 Å². The Labute approximate surface area is 79.1 Å². The molecule has 3 nitrogen and oxygen atoms in total. The summed E-state index contributed by atoms with van der Waals surface area (Å²) < 4.78 is 5.11. The number of carbonyl (C=O) groups is 1. The van der Waals surface area contributed by atoms with Crippen LogP contribution >= 0.6 is 0 Å². The van der Waals surface area contributed by atoms with Gasteiger partial charge < -0.3 is 9.84 Å². The number of aliphatic hydroxyl groups is 1. The maximum Gasteiger partial charge on any atom is 0.312 e. The number of ether oxygens (including phenoxy) is 1. The van der Waals surface area contributed by atoms with Crippen LogP contribution in [-0.2, 0) is 9.53 Å². The molecule has 1 N–H and O–H groups in total. The number of hydrogen-bond acceptors (Lipinski definition) is 3. The predicted octanol–water partition coefficient (Wildman–Crippen LogP) is 1.34. The highest BCUT2D eigenvalue weighted by molar-refractivity contribution is 5.79. The van der Waals surface area contributed by atoms with Crippen LogP contribution in [0, 0.1) is 11.3 Å². The van der Waals surface area contributed by atoms with E-state index in [1.807, 2.05) is 20.8 Å². The molecule has 3 unspecified atom stereocenters. The molecule has 0 aromatic carbocycles. The number of esters is 1. The van der Waals surface area contributed by atoms with E-state index >= 15 is 0 Å². The number of carbonyl (C=O) groups excluding carboxylic acids is 1. The van der Waals surface area contributed by atoms with Crippen molar-refractivity contribution in [3.05, 3.63) is 0 Å². The highest BCUT2D eigenvalue weighted by atomic mass is 16.6. The minimum atomic E-state index is -0.565. The molecule has 1 saturated heterocycles. The Balaban J connectivity index is 2.77. The van der Waals surface area contributed by atoms with E-state index in [1.165, 1.54) is 0 Å². The van der Waals surface area contributed by atoms with Crippen molar-refractivity contribution < 1.29 is 14.6 Å². The first-order chi connectivity index (χ1) is 5.88. The molecule has 13 heavy (non-hydrogen) atoms. The molecule has 0 bridgehead atoms. The summed E-state index contributed by atoms with van der Waals surface area (Å²) in [4.78, 5) is 11.5. The van der Waals surface area contributed by atoms with Gasteiger partial charge in [-0.3, -0.25) is 4.79 Å². The average molecular weight is 186 g/mol. The Hall–Kier alpha value is -0.570. The lowest BCUT2D eigenvalue weighted by molar-refractivity contribution is -0.152.